The molecule has 0 aliphatic carbocycles. The lowest BCUT2D eigenvalue weighted by molar-refractivity contribution is -0.137. The maximum Gasteiger partial charge on any atom is 0.317 e. The third-order valence-corrected chi connectivity index (χ3v) is 4.20. The summed E-state index contributed by atoms with van der Waals surface area (Å²) >= 11 is 5.76. The number of aromatic nitrogens is 1. The van der Waals surface area contributed by atoms with Crippen molar-refractivity contribution in [2.75, 3.05) is 25.0 Å². The zero-order chi connectivity index (χ0) is 18.2. The Bertz CT molecular complexity index is 615. The molecule has 25 heavy (non-hydrogen) atoms. The number of nitrogens with one attached hydrogen (secondary N) is 2. The van der Waals surface area contributed by atoms with Gasteiger partial charge < -0.3 is 20.6 Å². The van der Waals surface area contributed by atoms with Crippen LogP contribution in [0.5, 0.6) is 0 Å². The number of halogens is 1. The van der Waals surface area contributed by atoms with Crippen molar-refractivity contribution in [3.05, 3.63) is 23.4 Å². The van der Waals surface area contributed by atoms with E-state index in [2.05, 4.69) is 15.6 Å². The molecule has 2 rings (SSSR count). The quantitative estimate of drug-likeness (QED) is 0.664. The Hall–Kier alpha value is -2.35. The van der Waals surface area contributed by atoms with Gasteiger partial charge >= 0.3 is 12.0 Å². The number of carboxylic acids is 1. The molecule has 0 saturated carbocycles. The van der Waals surface area contributed by atoms with Gasteiger partial charge in [0.25, 0.3) is 0 Å². The van der Waals surface area contributed by atoms with E-state index < -0.39 is 5.97 Å². The third kappa shape index (κ3) is 6.22. The highest BCUT2D eigenvalue weighted by Crippen LogP contribution is 2.19. The maximum absolute atomic E-state index is 12.2. The van der Waals surface area contributed by atoms with Crippen molar-refractivity contribution < 1.29 is 19.5 Å². The van der Waals surface area contributed by atoms with Crippen LogP contribution in [-0.2, 0) is 9.59 Å². The van der Waals surface area contributed by atoms with E-state index in [0.717, 1.165) is 0 Å². The van der Waals surface area contributed by atoms with Crippen LogP contribution in [-0.4, -0.2) is 52.5 Å². The number of carbonyl (C=O) groups excluding carboxylic acids is 2. The van der Waals surface area contributed by atoms with Crippen LogP contribution in [0.15, 0.2) is 18.3 Å². The molecule has 1 saturated heterocycles. The molecular weight excluding hydrogens is 348 g/mol. The maximum atomic E-state index is 12.2. The Morgan fingerprint density at radius 3 is 2.60 bits per heavy atom. The predicted octanol–water partition coefficient (Wildman–Crippen LogP) is 1.96. The molecule has 0 spiro atoms. The number of carbonyl (C=O) groups is 3. The smallest absolute Gasteiger partial charge is 0.317 e. The lowest BCUT2D eigenvalue weighted by Gasteiger charge is -2.31. The fraction of sp³-hybridized carbons (Fsp3) is 0.500. The van der Waals surface area contributed by atoms with Crippen LogP contribution in [0.2, 0.25) is 5.02 Å². The Balaban J connectivity index is 1.71. The average molecular weight is 369 g/mol. The number of aliphatic carboxylic acids is 1. The molecule has 3 amide bonds. The summed E-state index contributed by atoms with van der Waals surface area (Å²) in [6.45, 7) is 1.29. The summed E-state index contributed by atoms with van der Waals surface area (Å²) in [5, 5.41) is 14.5. The van der Waals surface area contributed by atoms with Crippen molar-refractivity contribution in [1.82, 2.24) is 15.2 Å². The van der Waals surface area contributed by atoms with E-state index in [0.29, 0.717) is 49.7 Å². The lowest BCUT2D eigenvalue weighted by atomic mass is 9.96. The monoisotopic (exact) mass is 368 g/mol. The molecule has 1 aliphatic heterocycles. The number of pyridine rings is 1. The number of hydrogen-bond donors (Lipinski definition) is 3. The topological polar surface area (TPSA) is 112 Å². The molecule has 1 aromatic heterocycles. The van der Waals surface area contributed by atoms with E-state index in [4.69, 9.17) is 16.7 Å². The number of anilines is 1. The normalized spacial score (nSPS) is 14.8. The van der Waals surface area contributed by atoms with Gasteiger partial charge in [0.1, 0.15) is 5.82 Å². The Morgan fingerprint density at radius 1 is 1.28 bits per heavy atom. The van der Waals surface area contributed by atoms with Crippen LogP contribution in [0.25, 0.3) is 0 Å². The number of nitrogens with zero attached hydrogens (tertiary/aromatic N) is 2. The highest BCUT2D eigenvalue weighted by atomic mass is 35.5. The molecule has 9 heteroatoms. The summed E-state index contributed by atoms with van der Waals surface area (Å²) in [5.74, 6) is -0.714. The van der Waals surface area contributed by atoms with Crippen molar-refractivity contribution in [1.29, 1.82) is 0 Å². The minimum atomic E-state index is -0.878. The number of carboxylic acid groups (broad SMARTS) is 1. The van der Waals surface area contributed by atoms with Crippen molar-refractivity contribution in [3.63, 3.8) is 0 Å². The molecule has 0 atom stereocenters. The molecule has 0 radical (unpaired) electrons. The molecular formula is C16H21ClN4O4. The number of likely N-dealkylation sites (tertiary alicyclic amines) is 1. The zero-order valence-electron chi connectivity index (χ0n) is 13.7. The fourth-order valence-electron chi connectivity index (χ4n) is 2.57. The largest absolute Gasteiger partial charge is 0.481 e. The molecule has 2 heterocycles. The number of rotatable bonds is 6. The summed E-state index contributed by atoms with van der Waals surface area (Å²) in [6, 6.07) is 3.07. The number of hydrogen-bond acceptors (Lipinski definition) is 4. The van der Waals surface area contributed by atoms with E-state index >= 15 is 0 Å². The van der Waals surface area contributed by atoms with Crippen molar-refractivity contribution in [3.8, 4) is 0 Å². The first-order valence-electron chi connectivity index (χ1n) is 8.12. The molecule has 1 fully saturated rings. The first-order valence-corrected chi connectivity index (χ1v) is 8.50. The van der Waals surface area contributed by atoms with Crippen molar-refractivity contribution >= 4 is 35.3 Å². The summed E-state index contributed by atoms with van der Waals surface area (Å²) in [5.41, 5.74) is 0. The standard InChI is InChI=1S/C16H21ClN4O4/c17-12-3-4-13(19-10-12)20-15(24)11-5-8-21(9-6-11)16(25)18-7-1-2-14(22)23/h3-4,10-11H,1-2,5-9H2,(H,18,25)(H,22,23)(H,19,20,24). The average Bonchev–Trinajstić information content (AvgIpc) is 2.60. The predicted molar refractivity (Wildman–Crippen MR) is 92.4 cm³/mol. The summed E-state index contributed by atoms with van der Waals surface area (Å²) in [4.78, 5) is 40.3. The molecule has 8 nitrogen and oxygen atoms in total. The van der Waals surface area contributed by atoms with Gasteiger partial charge in [0.2, 0.25) is 5.91 Å². The molecule has 0 aromatic carbocycles. The minimum absolute atomic E-state index is 0.0290. The van der Waals surface area contributed by atoms with Gasteiger partial charge in [-0.3, -0.25) is 9.59 Å². The third-order valence-electron chi connectivity index (χ3n) is 3.98. The summed E-state index contributed by atoms with van der Waals surface area (Å²) < 4.78 is 0. The minimum Gasteiger partial charge on any atom is -0.481 e. The lowest BCUT2D eigenvalue weighted by Crippen LogP contribution is -2.46. The summed E-state index contributed by atoms with van der Waals surface area (Å²) in [7, 11) is 0. The van der Waals surface area contributed by atoms with E-state index in [1.165, 1.54) is 6.20 Å². The highest BCUT2D eigenvalue weighted by molar-refractivity contribution is 6.30. The summed E-state index contributed by atoms with van der Waals surface area (Å²) in [6.07, 6.45) is 3.04. The zero-order valence-corrected chi connectivity index (χ0v) is 14.5. The number of amides is 3. The molecule has 136 valence electrons. The SMILES string of the molecule is O=C(O)CCCNC(=O)N1CCC(C(=O)Nc2ccc(Cl)cn2)CC1. The van der Waals surface area contributed by atoms with Gasteiger partial charge in [0.15, 0.2) is 0 Å². The second-order valence-corrected chi connectivity index (χ2v) is 6.28. The molecule has 0 unspecified atom stereocenters. The Kier molecular flexibility index (Phi) is 7.00. The van der Waals surface area contributed by atoms with Crippen LogP contribution in [0.1, 0.15) is 25.7 Å². The molecule has 0 bridgehead atoms. The van der Waals surface area contributed by atoms with Gasteiger partial charge in [0, 0.05) is 38.2 Å². The van der Waals surface area contributed by atoms with Crippen LogP contribution in [0.4, 0.5) is 10.6 Å². The second kappa shape index (κ2) is 9.22. The molecule has 1 aliphatic rings. The van der Waals surface area contributed by atoms with Crippen LogP contribution < -0.4 is 10.6 Å². The fourth-order valence-corrected chi connectivity index (χ4v) is 2.68. The van der Waals surface area contributed by atoms with E-state index in [1.807, 2.05) is 0 Å². The van der Waals surface area contributed by atoms with Crippen LogP contribution in [0, 0.1) is 5.92 Å². The molecule has 1 aromatic rings. The van der Waals surface area contributed by atoms with E-state index in [1.54, 1.807) is 17.0 Å². The van der Waals surface area contributed by atoms with E-state index in [9.17, 15) is 14.4 Å². The first-order chi connectivity index (χ1) is 12.0. The Labute approximate surface area is 150 Å². The van der Waals surface area contributed by atoms with Crippen molar-refractivity contribution in [2.45, 2.75) is 25.7 Å². The molecule has 3 N–H and O–H groups in total. The van der Waals surface area contributed by atoms with Gasteiger partial charge in [-0.2, -0.15) is 0 Å². The van der Waals surface area contributed by atoms with Gasteiger partial charge in [-0.1, -0.05) is 11.6 Å². The van der Waals surface area contributed by atoms with Gasteiger partial charge in [-0.25, -0.2) is 9.78 Å². The van der Waals surface area contributed by atoms with Crippen LogP contribution in [0.3, 0.4) is 0 Å². The van der Waals surface area contributed by atoms with Gasteiger partial charge in [0.05, 0.1) is 5.02 Å². The van der Waals surface area contributed by atoms with Gasteiger partial charge in [-0.05, 0) is 31.4 Å². The van der Waals surface area contributed by atoms with Crippen molar-refractivity contribution in [2.24, 2.45) is 5.92 Å². The van der Waals surface area contributed by atoms with Gasteiger partial charge in [-0.15, -0.1) is 0 Å². The Morgan fingerprint density at radius 2 is 2.00 bits per heavy atom. The van der Waals surface area contributed by atoms with E-state index in [-0.39, 0.29) is 24.3 Å². The second-order valence-electron chi connectivity index (χ2n) is 5.84. The highest BCUT2D eigenvalue weighted by Gasteiger charge is 2.27. The van der Waals surface area contributed by atoms with Crippen LogP contribution >= 0.6 is 11.6 Å². The number of urea groups is 1. The number of piperidine rings is 1. The first kappa shape index (κ1) is 19.0.